The summed E-state index contributed by atoms with van der Waals surface area (Å²) in [4.78, 5) is 37.4. The van der Waals surface area contributed by atoms with E-state index in [-0.39, 0.29) is 23.6 Å². The summed E-state index contributed by atoms with van der Waals surface area (Å²) in [7, 11) is 4.27. The molecule has 9 heteroatoms. The minimum atomic E-state index is -0.885. The Balaban J connectivity index is 1.87. The van der Waals surface area contributed by atoms with Crippen LogP contribution in [0.15, 0.2) is 42.5 Å². The molecule has 0 aromatic heterocycles. The number of rotatable bonds is 8. The molecular formula is C20H22N2O7. The van der Waals surface area contributed by atoms with E-state index >= 15 is 0 Å². The molecule has 0 saturated carbocycles. The van der Waals surface area contributed by atoms with Crippen molar-refractivity contribution in [1.29, 1.82) is 0 Å². The molecule has 0 aliphatic carbocycles. The van der Waals surface area contributed by atoms with Crippen LogP contribution in [0.25, 0.3) is 0 Å². The highest BCUT2D eigenvalue weighted by Gasteiger charge is 2.19. The zero-order valence-corrected chi connectivity index (χ0v) is 16.3. The highest BCUT2D eigenvalue weighted by Crippen LogP contribution is 2.29. The number of anilines is 1. The summed E-state index contributed by atoms with van der Waals surface area (Å²) in [6.45, 7) is -0.823. The first-order valence-electron chi connectivity index (χ1n) is 8.56. The van der Waals surface area contributed by atoms with Crippen LogP contribution in [0, 0.1) is 0 Å². The minimum absolute atomic E-state index is 0.108. The Labute approximate surface area is 167 Å². The lowest BCUT2D eigenvalue weighted by atomic mass is 10.2. The number of ether oxygens (including phenoxy) is 3. The SMILES string of the molecule is COc1cccc(NC(=O)CN(C)C(=O)COC(=O)c2cccc(OC)c2O)c1. The summed E-state index contributed by atoms with van der Waals surface area (Å²) >= 11 is 0. The number of amides is 2. The summed E-state index contributed by atoms with van der Waals surface area (Å²) in [5, 5.41) is 12.6. The second-order valence-electron chi connectivity index (χ2n) is 5.96. The lowest BCUT2D eigenvalue weighted by Gasteiger charge is -2.17. The van der Waals surface area contributed by atoms with Crippen molar-refractivity contribution in [1.82, 2.24) is 4.90 Å². The second kappa shape index (κ2) is 9.98. The largest absolute Gasteiger partial charge is 0.504 e. The van der Waals surface area contributed by atoms with Gasteiger partial charge in [0.25, 0.3) is 5.91 Å². The molecule has 154 valence electrons. The smallest absolute Gasteiger partial charge is 0.342 e. The van der Waals surface area contributed by atoms with Gasteiger partial charge in [-0.1, -0.05) is 12.1 Å². The normalized spacial score (nSPS) is 10.0. The molecule has 0 spiro atoms. The van der Waals surface area contributed by atoms with Crippen LogP contribution in [0.3, 0.4) is 0 Å². The van der Waals surface area contributed by atoms with E-state index in [4.69, 9.17) is 14.2 Å². The van der Waals surface area contributed by atoms with Crippen molar-refractivity contribution >= 4 is 23.5 Å². The number of aromatic hydroxyl groups is 1. The Bertz CT molecular complexity index is 898. The number of phenols is 1. The molecule has 0 atom stereocenters. The number of hydrogen-bond acceptors (Lipinski definition) is 7. The molecule has 2 N–H and O–H groups in total. The lowest BCUT2D eigenvalue weighted by Crippen LogP contribution is -2.37. The van der Waals surface area contributed by atoms with Crippen molar-refractivity contribution in [2.75, 3.05) is 39.7 Å². The number of hydrogen-bond donors (Lipinski definition) is 2. The average Bonchev–Trinajstić information content (AvgIpc) is 2.71. The van der Waals surface area contributed by atoms with Gasteiger partial charge in [0.2, 0.25) is 5.91 Å². The Kier molecular flexibility index (Phi) is 7.41. The van der Waals surface area contributed by atoms with E-state index < -0.39 is 24.4 Å². The van der Waals surface area contributed by atoms with E-state index in [1.54, 1.807) is 24.3 Å². The van der Waals surface area contributed by atoms with Gasteiger partial charge in [-0.3, -0.25) is 9.59 Å². The summed E-state index contributed by atoms with van der Waals surface area (Å²) < 4.78 is 14.9. The summed E-state index contributed by atoms with van der Waals surface area (Å²) in [5.41, 5.74) is 0.394. The Morgan fingerprint density at radius 3 is 2.48 bits per heavy atom. The van der Waals surface area contributed by atoms with Crippen molar-refractivity contribution in [3.63, 3.8) is 0 Å². The number of esters is 1. The highest BCUT2D eigenvalue weighted by atomic mass is 16.5. The predicted molar refractivity (Wildman–Crippen MR) is 104 cm³/mol. The van der Waals surface area contributed by atoms with Crippen molar-refractivity contribution in [3.05, 3.63) is 48.0 Å². The lowest BCUT2D eigenvalue weighted by molar-refractivity contribution is -0.136. The van der Waals surface area contributed by atoms with E-state index in [0.717, 1.165) is 4.90 Å². The fourth-order valence-corrected chi connectivity index (χ4v) is 2.37. The molecule has 9 nitrogen and oxygen atoms in total. The molecule has 0 saturated heterocycles. The highest BCUT2D eigenvalue weighted by molar-refractivity contribution is 5.96. The molecular weight excluding hydrogens is 380 g/mol. The molecule has 0 unspecified atom stereocenters. The second-order valence-corrected chi connectivity index (χ2v) is 5.96. The van der Waals surface area contributed by atoms with E-state index in [2.05, 4.69) is 5.32 Å². The van der Waals surface area contributed by atoms with Crippen LogP contribution in [0.1, 0.15) is 10.4 Å². The molecule has 0 fully saturated rings. The van der Waals surface area contributed by atoms with E-state index in [0.29, 0.717) is 11.4 Å². The third-order valence-corrected chi connectivity index (χ3v) is 3.93. The van der Waals surface area contributed by atoms with Gasteiger partial charge in [0.15, 0.2) is 18.1 Å². The van der Waals surface area contributed by atoms with Crippen LogP contribution in [-0.4, -0.2) is 62.2 Å². The van der Waals surface area contributed by atoms with Gasteiger partial charge >= 0.3 is 5.97 Å². The maximum absolute atomic E-state index is 12.1. The molecule has 2 amide bonds. The van der Waals surface area contributed by atoms with Gasteiger partial charge in [0.05, 0.1) is 20.8 Å². The number of nitrogens with one attached hydrogen (secondary N) is 1. The molecule has 2 aromatic carbocycles. The quantitative estimate of drug-likeness (QED) is 0.646. The number of likely N-dealkylation sites (N-methyl/N-ethyl adjacent to an activating group) is 1. The molecule has 29 heavy (non-hydrogen) atoms. The first-order chi connectivity index (χ1) is 13.8. The fraction of sp³-hybridized carbons (Fsp3) is 0.250. The number of nitrogens with zero attached hydrogens (tertiary/aromatic N) is 1. The predicted octanol–water partition coefficient (Wildman–Crippen LogP) is 1.66. The van der Waals surface area contributed by atoms with Gasteiger partial charge in [0, 0.05) is 18.8 Å². The van der Waals surface area contributed by atoms with Crippen LogP contribution >= 0.6 is 0 Å². The number of methoxy groups -OCH3 is 2. The van der Waals surface area contributed by atoms with Crippen molar-refractivity contribution in [3.8, 4) is 17.2 Å². The van der Waals surface area contributed by atoms with Crippen LogP contribution < -0.4 is 14.8 Å². The summed E-state index contributed by atoms with van der Waals surface area (Å²) in [6.07, 6.45) is 0. The monoisotopic (exact) mass is 402 g/mol. The molecule has 0 radical (unpaired) electrons. The Hall–Kier alpha value is -3.75. The van der Waals surface area contributed by atoms with Crippen LogP contribution in [0.5, 0.6) is 17.2 Å². The van der Waals surface area contributed by atoms with Gasteiger partial charge in [-0.15, -0.1) is 0 Å². The third-order valence-electron chi connectivity index (χ3n) is 3.93. The molecule has 0 aliphatic heterocycles. The van der Waals surface area contributed by atoms with E-state index in [9.17, 15) is 19.5 Å². The number of carbonyl (C=O) groups is 3. The van der Waals surface area contributed by atoms with Gasteiger partial charge in [0.1, 0.15) is 11.3 Å². The van der Waals surface area contributed by atoms with Crippen molar-refractivity contribution in [2.45, 2.75) is 0 Å². The summed E-state index contributed by atoms with van der Waals surface area (Å²) in [6, 6.07) is 11.1. The maximum Gasteiger partial charge on any atom is 0.342 e. The van der Waals surface area contributed by atoms with Crippen LogP contribution in [-0.2, 0) is 14.3 Å². The average molecular weight is 402 g/mol. The van der Waals surface area contributed by atoms with Crippen LogP contribution in [0.4, 0.5) is 5.69 Å². The van der Waals surface area contributed by atoms with Crippen molar-refractivity contribution in [2.24, 2.45) is 0 Å². The number of carbonyl (C=O) groups excluding carboxylic acids is 3. The van der Waals surface area contributed by atoms with Crippen molar-refractivity contribution < 1.29 is 33.7 Å². The maximum atomic E-state index is 12.1. The first kappa shape index (κ1) is 21.5. The fourth-order valence-electron chi connectivity index (χ4n) is 2.37. The van der Waals surface area contributed by atoms with Gasteiger partial charge in [-0.25, -0.2) is 4.79 Å². The Morgan fingerprint density at radius 1 is 1.07 bits per heavy atom. The molecule has 0 heterocycles. The number of para-hydroxylation sites is 1. The van der Waals surface area contributed by atoms with Gasteiger partial charge < -0.3 is 29.5 Å². The van der Waals surface area contributed by atoms with Gasteiger partial charge in [-0.05, 0) is 24.3 Å². The minimum Gasteiger partial charge on any atom is -0.504 e. The molecule has 2 aromatic rings. The van der Waals surface area contributed by atoms with E-state index in [1.807, 2.05) is 0 Å². The zero-order chi connectivity index (χ0) is 21.4. The zero-order valence-electron chi connectivity index (χ0n) is 16.3. The molecule has 0 aliphatic rings. The third kappa shape index (κ3) is 5.86. The number of benzene rings is 2. The Morgan fingerprint density at radius 2 is 1.79 bits per heavy atom. The first-order valence-corrected chi connectivity index (χ1v) is 8.56. The standard InChI is InChI=1S/C20H22N2O7/c1-22(11-17(23)21-13-6-4-7-14(10-13)27-2)18(24)12-29-20(26)15-8-5-9-16(28-3)19(15)25/h4-10,25H,11-12H2,1-3H3,(H,21,23). The number of phenolic OH excluding ortho intramolecular Hbond substituents is 1. The molecule has 0 bridgehead atoms. The topological polar surface area (TPSA) is 114 Å². The van der Waals surface area contributed by atoms with E-state index in [1.165, 1.54) is 39.5 Å². The summed E-state index contributed by atoms with van der Waals surface area (Å²) in [5.74, 6) is -1.58. The van der Waals surface area contributed by atoms with Gasteiger partial charge in [-0.2, -0.15) is 0 Å². The van der Waals surface area contributed by atoms with Crippen LogP contribution in [0.2, 0.25) is 0 Å². The molecule has 2 rings (SSSR count).